The fourth-order valence-corrected chi connectivity index (χ4v) is 3.89. The summed E-state index contributed by atoms with van der Waals surface area (Å²) in [5.41, 5.74) is 2.40. The summed E-state index contributed by atoms with van der Waals surface area (Å²) in [6, 6.07) is 14.4. The summed E-state index contributed by atoms with van der Waals surface area (Å²) in [5.74, 6) is 0.399. The smallest absolute Gasteiger partial charge is 0.251 e. The van der Waals surface area contributed by atoms with Gasteiger partial charge in [0.1, 0.15) is 0 Å². The van der Waals surface area contributed by atoms with E-state index in [1.165, 1.54) is 11.8 Å². The fraction of sp³-hybridized carbons (Fsp3) is 0.217. The van der Waals surface area contributed by atoms with Gasteiger partial charge in [-0.05, 0) is 42.3 Å². The highest BCUT2D eigenvalue weighted by molar-refractivity contribution is 7.99. The van der Waals surface area contributed by atoms with Gasteiger partial charge in [-0.2, -0.15) is 0 Å². The van der Waals surface area contributed by atoms with Crippen LogP contribution < -0.4 is 10.6 Å². The van der Waals surface area contributed by atoms with Crippen LogP contribution in [0.1, 0.15) is 28.7 Å². The number of benzene rings is 2. The van der Waals surface area contributed by atoms with E-state index in [-0.39, 0.29) is 24.1 Å². The molecule has 3 aromatic rings. The van der Waals surface area contributed by atoms with Crippen LogP contribution in [0, 0.1) is 0 Å². The number of para-hydroxylation sites is 1. The van der Waals surface area contributed by atoms with Crippen LogP contribution in [0.3, 0.4) is 0 Å². The second kappa shape index (κ2) is 11.5. The molecular weight excluding hydrogens is 446 g/mol. The minimum Gasteiger partial charge on any atom is -0.345 e. The van der Waals surface area contributed by atoms with Crippen LogP contribution >= 0.6 is 23.4 Å². The normalized spacial score (nSPS) is 10.6. The Morgan fingerprint density at radius 1 is 1.16 bits per heavy atom. The number of aryl methyl sites for hydroxylation is 1. The molecule has 0 aliphatic heterocycles. The van der Waals surface area contributed by atoms with Crippen molar-refractivity contribution in [3.8, 4) is 0 Å². The molecule has 2 amide bonds. The Kier molecular flexibility index (Phi) is 8.47. The van der Waals surface area contributed by atoms with Crippen molar-refractivity contribution in [2.24, 2.45) is 0 Å². The molecule has 0 fully saturated rings. The maximum atomic E-state index is 12.4. The van der Waals surface area contributed by atoms with Crippen molar-refractivity contribution in [1.29, 1.82) is 0 Å². The number of carbonyl (C=O) groups is 2. The van der Waals surface area contributed by atoms with Gasteiger partial charge >= 0.3 is 0 Å². The maximum Gasteiger partial charge on any atom is 0.251 e. The summed E-state index contributed by atoms with van der Waals surface area (Å²) >= 11 is 7.15. The van der Waals surface area contributed by atoms with Gasteiger partial charge in [0.2, 0.25) is 5.91 Å². The molecule has 32 heavy (non-hydrogen) atoms. The molecule has 0 saturated heterocycles. The predicted octanol–water partition coefficient (Wildman–Crippen LogP) is 4.34. The summed E-state index contributed by atoms with van der Waals surface area (Å²) in [6.45, 7) is 6.47. The number of nitrogens with zero attached hydrogens (tertiary/aromatic N) is 3. The van der Waals surface area contributed by atoms with E-state index in [4.69, 9.17) is 11.6 Å². The third kappa shape index (κ3) is 6.21. The summed E-state index contributed by atoms with van der Waals surface area (Å²) < 4.78 is 1.83. The standard InChI is InChI=1S/C23H24ClN5O2S/c1-3-13-29-20(14-25-22(31)17-9-11-18(24)12-10-17)27-28-23(29)32-15-21(30)26-19-8-6-5-7-16(19)4-2/h3,5-12H,1,4,13-15H2,2H3,(H,25,31)(H,26,30). The van der Waals surface area contributed by atoms with Gasteiger partial charge in [0.25, 0.3) is 5.91 Å². The summed E-state index contributed by atoms with van der Waals surface area (Å²) in [5, 5.41) is 15.3. The first-order valence-electron chi connectivity index (χ1n) is 10.1. The van der Waals surface area contributed by atoms with Crippen LogP contribution in [0.15, 0.2) is 66.3 Å². The van der Waals surface area contributed by atoms with Gasteiger partial charge in [-0.15, -0.1) is 16.8 Å². The molecule has 7 nitrogen and oxygen atoms in total. The Hall–Kier alpha value is -3.10. The van der Waals surface area contributed by atoms with Crippen LogP contribution in [-0.4, -0.2) is 32.3 Å². The summed E-state index contributed by atoms with van der Waals surface area (Å²) in [7, 11) is 0. The first-order valence-corrected chi connectivity index (χ1v) is 11.5. The summed E-state index contributed by atoms with van der Waals surface area (Å²) in [4.78, 5) is 24.8. The van der Waals surface area contributed by atoms with E-state index in [1.54, 1.807) is 30.3 Å². The lowest BCUT2D eigenvalue weighted by atomic mass is 10.1. The molecule has 166 valence electrons. The highest BCUT2D eigenvalue weighted by atomic mass is 35.5. The number of carbonyl (C=O) groups excluding carboxylic acids is 2. The molecular formula is C23H24ClN5O2S. The van der Waals surface area contributed by atoms with Crippen LogP contribution in [0.4, 0.5) is 5.69 Å². The molecule has 0 aliphatic rings. The average molecular weight is 470 g/mol. The molecule has 0 aliphatic carbocycles. The van der Waals surface area contributed by atoms with Crippen molar-refractivity contribution in [3.05, 3.63) is 83.2 Å². The average Bonchev–Trinajstić information content (AvgIpc) is 3.18. The van der Waals surface area contributed by atoms with Crippen molar-refractivity contribution < 1.29 is 9.59 Å². The van der Waals surface area contributed by atoms with Crippen molar-refractivity contribution in [2.75, 3.05) is 11.1 Å². The van der Waals surface area contributed by atoms with Gasteiger partial charge in [0, 0.05) is 22.8 Å². The fourth-order valence-electron chi connectivity index (χ4n) is 3.00. The Morgan fingerprint density at radius 2 is 1.91 bits per heavy atom. The lowest BCUT2D eigenvalue weighted by Gasteiger charge is -2.10. The third-order valence-corrected chi connectivity index (χ3v) is 5.84. The Bertz CT molecular complexity index is 1100. The van der Waals surface area contributed by atoms with Crippen molar-refractivity contribution >= 4 is 40.9 Å². The van der Waals surface area contributed by atoms with Gasteiger partial charge in [-0.25, -0.2) is 0 Å². The number of aromatic nitrogens is 3. The van der Waals surface area contributed by atoms with E-state index in [2.05, 4.69) is 27.4 Å². The SMILES string of the molecule is C=CCn1c(CNC(=O)c2ccc(Cl)cc2)nnc1SCC(=O)Nc1ccccc1CC. The lowest BCUT2D eigenvalue weighted by Crippen LogP contribution is -2.24. The van der Waals surface area contributed by atoms with Crippen LogP contribution in [0.25, 0.3) is 0 Å². The zero-order valence-corrected chi connectivity index (χ0v) is 19.2. The Labute approximate surface area is 196 Å². The van der Waals surface area contributed by atoms with E-state index in [0.717, 1.165) is 17.7 Å². The first kappa shape index (κ1) is 23.6. The molecule has 0 atom stereocenters. The number of nitrogens with one attached hydrogen (secondary N) is 2. The highest BCUT2D eigenvalue weighted by Gasteiger charge is 2.15. The molecule has 0 spiro atoms. The number of allylic oxidation sites excluding steroid dienone is 1. The van der Waals surface area contributed by atoms with Gasteiger partial charge in [-0.1, -0.05) is 54.6 Å². The van der Waals surface area contributed by atoms with Gasteiger partial charge in [0.05, 0.1) is 12.3 Å². The third-order valence-electron chi connectivity index (χ3n) is 4.62. The van der Waals surface area contributed by atoms with E-state index >= 15 is 0 Å². The molecule has 0 unspecified atom stereocenters. The molecule has 1 aromatic heterocycles. The number of rotatable bonds is 10. The topological polar surface area (TPSA) is 88.9 Å². The number of halogens is 1. The van der Waals surface area contributed by atoms with Crippen LogP contribution in [0.5, 0.6) is 0 Å². The second-order valence-corrected chi connectivity index (χ2v) is 8.21. The molecule has 2 aromatic carbocycles. The van der Waals surface area contributed by atoms with Gasteiger partial charge in [0.15, 0.2) is 11.0 Å². The molecule has 1 heterocycles. The lowest BCUT2D eigenvalue weighted by molar-refractivity contribution is -0.113. The number of amides is 2. The van der Waals surface area contributed by atoms with Gasteiger partial charge in [-0.3, -0.25) is 9.59 Å². The van der Waals surface area contributed by atoms with E-state index in [0.29, 0.717) is 28.1 Å². The minimum atomic E-state index is -0.238. The highest BCUT2D eigenvalue weighted by Crippen LogP contribution is 2.20. The number of hydrogen-bond donors (Lipinski definition) is 2. The zero-order chi connectivity index (χ0) is 22.9. The monoisotopic (exact) mass is 469 g/mol. The predicted molar refractivity (Wildman–Crippen MR) is 128 cm³/mol. The number of thioether (sulfide) groups is 1. The largest absolute Gasteiger partial charge is 0.345 e. The van der Waals surface area contributed by atoms with Crippen molar-refractivity contribution in [2.45, 2.75) is 31.6 Å². The van der Waals surface area contributed by atoms with E-state index < -0.39 is 0 Å². The Balaban J connectivity index is 1.61. The molecule has 0 radical (unpaired) electrons. The zero-order valence-electron chi connectivity index (χ0n) is 17.7. The van der Waals surface area contributed by atoms with Crippen LogP contribution in [0.2, 0.25) is 5.02 Å². The molecule has 0 bridgehead atoms. The van der Waals surface area contributed by atoms with Crippen molar-refractivity contribution in [3.63, 3.8) is 0 Å². The molecule has 3 rings (SSSR count). The van der Waals surface area contributed by atoms with E-state index in [1.807, 2.05) is 35.8 Å². The molecule has 2 N–H and O–H groups in total. The molecule has 9 heteroatoms. The summed E-state index contributed by atoms with van der Waals surface area (Å²) in [6.07, 6.45) is 2.55. The first-order chi connectivity index (χ1) is 15.5. The Morgan fingerprint density at radius 3 is 2.62 bits per heavy atom. The number of hydrogen-bond acceptors (Lipinski definition) is 5. The number of anilines is 1. The maximum absolute atomic E-state index is 12.4. The molecule has 0 saturated carbocycles. The van der Waals surface area contributed by atoms with Crippen molar-refractivity contribution in [1.82, 2.24) is 20.1 Å². The quantitative estimate of drug-likeness (QED) is 0.340. The minimum absolute atomic E-state index is 0.123. The van der Waals surface area contributed by atoms with Gasteiger partial charge < -0.3 is 15.2 Å². The van der Waals surface area contributed by atoms with Crippen LogP contribution in [-0.2, 0) is 24.3 Å². The van der Waals surface area contributed by atoms with E-state index in [9.17, 15) is 9.59 Å². The second-order valence-electron chi connectivity index (χ2n) is 6.84.